The highest BCUT2D eigenvalue weighted by Crippen LogP contribution is 2.28. The van der Waals surface area contributed by atoms with Crippen molar-refractivity contribution in [3.63, 3.8) is 0 Å². The van der Waals surface area contributed by atoms with E-state index in [-0.39, 0.29) is 0 Å². The molecule has 0 aromatic heterocycles. The maximum atomic E-state index is 10.4. The summed E-state index contributed by atoms with van der Waals surface area (Å²) in [4.78, 5) is 0. The number of azo groups is 1. The summed E-state index contributed by atoms with van der Waals surface area (Å²) in [7, 11) is 1.04. The first-order valence-corrected chi connectivity index (χ1v) is 9.27. The zero-order valence-electron chi connectivity index (χ0n) is 13.1. The molecule has 0 aliphatic rings. The van der Waals surface area contributed by atoms with Gasteiger partial charge in [0.25, 0.3) is 0 Å². The van der Waals surface area contributed by atoms with Crippen LogP contribution in [-0.2, 0) is 13.0 Å². The third-order valence-corrected chi connectivity index (χ3v) is 4.02. The molecule has 20 heavy (non-hydrogen) atoms. The van der Waals surface area contributed by atoms with Gasteiger partial charge in [0.15, 0.2) is 0 Å². The minimum Gasteiger partial charge on any atom is -0.507 e. The summed E-state index contributed by atoms with van der Waals surface area (Å²) in [6.45, 7) is 4.96. The fourth-order valence-electron chi connectivity index (χ4n) is 2.42. The van der Waals surface area contributed by atoms with Crippen LogP contribution in [-0.4, -0.2) is 21.5 Å². The highest BCUT2D eigenvalue weighted by atomic mass is 28.1. The van der Waals surface area contributed by atoms with Crippen molar-refractivity contribution >= 4 is 10.2 Å². The fourth-order valence-corrected chi connectivity index (χ4v) is 2.62. The van der Waals surface area contributed by atoms with Gasteiger partial charge in [-0.05, 0) is 17.9 Å². The van der Waals surface area contributed by atoms with Crippen molar-refractivity contribution < 1.29 is 5.11 Å². The molecule has 0 fully saturated rings. The number of rotatable bonds is 9. The van der Waals surface area contributed by atoms with Gasteiger partial charge in [-0.2, -0.15) is 10.2 Å². The predicted octanol–water partition coefficient (Wildman–Crippen LogP) is 3.43. The van der Waals surface area contributed by atoms with Crippen LogP contribution in [0.3, 0.4) is 0 Å². The Morgan fingerprint density at radius 3 is 2.60 bits per heavy atom. The summed E-state index contributed by atoms with van der Waals surface area (Å²) in [6, 6.07) is 6.00. The first kappa shape index (κ1) is 16.9. The van der Waals surface area contributed by atoms with Crippen LogP contribution in [0.1, 0.15) is 50.7 Å². The maximum Gasteiger partial charge on any atom is 0.123 e. The second kappa shape index (κ2) is 9.70. The highest BCUT2D eigenvalue weighted by Gasteiger charge is 2.12. The van der Waals surface area contributed by atoms with Crippen molar-refractivity contribution in [1.82, 2.24) is 0 Å². The summed E-state index contributed by atoms with van der Waals surface area (Å²) >= 11 is 0. The van der Waals surface area contributed by atoms with Crippen LogP contribution < -0.4 is 0 Å². The van der Waals surface area contributed by atoms with Gasteiger partial charge in [0.05, 0.1) is 6.54 Å². The van der Waals surface area contributed by atoms with Gasteiger partial charge < -0.3 is 5.11 Å². The number of hydrogen-bond acceptors (Lipinski definition) is 3. The number of para-hydroxylation sites is 1. The summed E-state index contributed by atoms with van der Waals surface area (Å²) in [5.74, 6) is 1.09. The molecule has 1 atom stereocenters. The quantitative estimate of drug-likeness (QED) is 0.550. The monoisotopic (exact) mass is 292 g/mol. The van der Waals surface area contributed by atoms with Crippen molar-refractivity contribution in [3.05, 3.63) is 29.3 Å². The number of phenolic OH excluding ortho intramolecular Hbond substituents is 1. The molecule has 1 unspecified atom stereocenters. The van der Waals surface area contributed by atoms with E-state index in [2.05, 4.69) is 24.1 Å². The smallest absolute Gasteiger partial charge is 0.123 e. The van der Waals surface area contributed by atoms with Crippen LogP contribution in [0.15, 0.2) is 28.4 Å². The fraction of sp³-hybridized carbons (Fsp3) is 0.625. The number of unbranched alkanes of at least 4 members (excludes halogenated alkanes) is 1. The third-order valence-electron chi connectivity index (χ3n) is 3.74. The van der Waals surface area contributed by atoms with E-state index in [1.807, 2.05) is 18.2 Å². The van der Waals surface area contributed by atoms with E-state index in [0.717, 1.165) is 34.0 Å². The normalized spacial score (nSPS) is 13.1. The van der Waals surface area contributed by atoms with Gasteiger partial charge in [0, 0.05) is 22.0 Å². The zero-order chi connectivity index (χ0) is 14.8. The lowest BCUT2D eigenvalue weighted by molar-refractivity contribution is 0.423. The summed E-state index contributed by atoms with van der Waals surface area (Å²) in [5.41, 5.74) is 1.96. The molecule has 1 aromatic rings. The van der Waals surface area contributed by atoms with E-state index in [1.54, 1.807) is 0 Å². The number of hydrogen-bond donors (Lipinski definition) is 1. The van der Waals surface area contributed by atoms with Gasteiger partial charge in [-0.15, -0.1) is 0 Å². The van der Waals surface area contributed by atoms with Crippen LogP contribution in [0.2, 0.25) is 0 Å². The molecule has 0 aliphatic carbocycles. The van der Waals surface area contributed by atoms with E-state index >= 15 is 0 Å². The van der Waals surface area contributed by atoms with E-state index in [1.165, 1.54) is 25.7 Å². The topological polar surface area (TPSA) is 45.0 Å². The van der Waals surface area contributed by atoms with Crippen LogP contribution in [0.25, 0.3) is 0 Å². The minimum atomic E-state index is 0.426. The SMILES string of the molecule is CCCCC(CC)Cc1cccc(C/N=N/C[SiH3])c1O. The van der Waals surface area contributed by atoms with Crippen molar-refractivity contribution in [2.45, 2.75) is 52.5 Å². The van der Waals surface area contributed by atoms with Crippen molar-refractivity contribution in [2.24, 2.45) is 16.1 Å². The minimum absolute atomic E-state index is 0.426. The lowest BCUT2D eigenvalue weighted by atomic mass is 9.91. The average Bonchev–Trinajstić information content (AvgIpc) is 2.47. The van der Waals surface area contributed by atoms with Gasteiger partial charge >= 0.3 is 0 Å². The Balaban J connectivity index is 2.74. The molecule has 0 spiro atoms. The molecule has 0 heterocycles. The predicted molar refractivity (Wildman–Crippen MR) is 88.5 cm³/mol. The summed E-state index contributed by atoms with van der Waals surface area (Å²) in [5, 5.41) is 18.5. The molecule has 0 bridgehead atoms. The lowest BCUT2D eigenvalue weighted by Crippen LogP contribution is -2.04. The molecule has 4 heteroatoms. The number of benzene rings is 1. The Hall–Kier alpha value is -1.16. The van der Waals surface area contributed by atoms with Gasteiger partial charge in [-0.3, -0.25) is 0 Å². The number of aromatic hydroxyl groups is 1. The second-order valence-corrected chi connectivity index (χ2v) is 5.94. The lowest BCUT2D eigenvalue weighted by Gasteiger charge is -2.16. The molecule has 0 saturated carbocycles. The zero-order valence-corrected chi connectivity index (χ0v) is 15.1. The molecular formula is C16H28N2OSi. The van der Waals surface area contributed by atoms with Gasteiger partial charge in [-0.1, -0.05) is 57.7 Å². The molecule has 0 saturated heterocycles. The Morgan fingerprint density at radius 2 is 1.95 bits per heavy atom. The Kier molecular flexibility index (Phi) is 8.19. The Labute approximate surface area is 125 Å². The molecule has 1 N–H and O–H groups in total. The van der Waals surface area contributed by atoms with Crippen molar-refractivity contribution in [3.8, 4) is 5.75 Å². The number of phenols is 1. The molecular weight excluding hydrogens is 264 g/mol. The molecule has 0 aliphatic heterocycles. The van der Waals surface area contributed by atoms with Crippen LogP contribution in [0, 0.1) is 5.92 Å². The van der Waals surface area contributed by atoms with Crippen molar-refractivity contribution in [1.29, 1.82) is 0 Å². The molecule has 112 valence electrons. The van der Waals surface area contributed by atoms with Crippen LogP contribution in [0.5, 0.6) is 5.75 Å². The van der Waals surface area contributed by atoms with Gasteiger partial charge in [-0.25, -0.2) is 0 Å². The van der Waals surface area contributed by atoms with Crippen LogP contribution >= 0.6 is 0 Å². The van der Waals surface area contributed by atoms with Crippen molar-refractivity contribution in [2.75, 3.05) is 6.17 Å². The maximum absolute atomic E-state index is 10.4. The Morgan fingerprint density at radius 1 is 1.20 bits per heavy atom. The van der Waals surface area contributed by atoms with E-state index in [9.17, 15) is 5.11 Å². The summed E-state index contributed by atoms with van der Waals surface area (Å²) < 4.78 is 0. The summed E-state index contributed by atoms with van der Waals surface area (Å²) in [6.07, 6.45) is 6.72. The largest absolute Gasteiger partial charge is 0.507 e. The van der Waals surface area contributed by atoms with E-state index < -0.39 is 0 Å². The highest BCUT2D eigenvalue weighted by molar-refractivity contribution is 6.08. The molecule has 0 amide bonds. The molecule has 1 aromatic carbocycles. The van der Waals surface area contributed by atoms with E-state index in [0.29, 0.717) is 18.2 Å². The standard InChI is InChI=1S/C16H28N2OSi/c1-3-5-7-13(4-2)10-14-8-6-9-15(16(14)19)11-17-18-12-20/h6,8-9,13,19H,3-5,7,10-12H2,1-2,20H3/b18-17+. The third kappa shape index (κ3) is 5.45. The molecule has 3 nitrogen and oxygen atoms in total. The Bertz CT molecular complexity index is 421. The number of nitrogens with zero attached hydrogens (tertiary/aromatic N) is 2. The van der Waals surface area contributed by atoms with Gasteiger partial charge in [0.1, 0.15) is 5.75 Å². The molecule has 1 rings (SSSR count). The average molecular weight is 292 g/mol. The van der Waals surface area contributed by atoms with E-state index in [4.69, 9.17) is 0 Å². The second-order valence-electron chi connectivity index (χ2n) is 5.30. The van der Waals surface area contributed by atoms with Crippen LogP contribution in [0.4, 0.5) is 0 Å². The van der Waals surface area contributed by atoms with Gasteiger partial charge in [0.2, 0.25) is 0 Å². The first-order valence-electron chi connectivity index (χ1n) is 7.85. The molecule has 0 radical (unpaired) electrons. The first-order chi connectivity index (χ1) is 9.72.